The van der Waals surface area contributed by atoms with E-state index in [1.54, 1.807) is 6.07 Å². The van der Waals surface area contributed by atoms with Crippen LogP contribution in [-0.4, -0.2) is 9.79 Å². The van der Waals surface area contributed by atoms with E-state index in [1.807, 2.05) is 54.6 Å². The van der Waals surface area contributed by atoms with Crippen LogP contribution >= 0.6 is 7.60 Å². The first kappa shape index (κ1) is 13.8. The third-order valence-corrected chi connectivity index (χ3v) is 4.26. The predicted molar refractivity (Wildman–Crippen MR) is 85.4 cm³/mol. The number of rotatable bonds is 3. The Kier molecular flexibility index (Phi) is 3.52. The zero-order valence-electron chi connectivity index (χ0n) is 11.1. The van der Waals surface area contributed by atoms with Gasteiger partial charge in [-0.15, -0.1) is 0 Å². The number of nitrogens with one attached hydrogen (secondary N) is 1. The van der Waals surface area contributed by atoms with E-state index in [0.29, 0.717) is 5.69 Å². The van der Waals surface area contributed by atoms with Crippen LogP contribution in [0.4, 0.5) is 11.4 Å². The van der Waals surface area contributed by atoms with Crippen molar-refractivity contribution in [3.63, 3.8) is 0 Å². The summed E-state index contributed by atoms with van der Waals surface area (Å²) in [6, 6.07) is 20.0. The SMILES string of the molecule is O=P(O)(O)c1ccc2ccccc2c1Nc1ccccc1. The minimum absolute atomic E-state index is 0.00468. The lowest BCUT2D eigenvalue weighted by Gasteiger charge is -2.16. The van der Waals surface area contributed by atoms with Crippen molar-refractivity contribution in [2.24, 2.45) is 0 Å². The van der Waals surface area contributed by atoms with Gasteiger partial charge in [-0.2, -0.15) is 0 Å². The van der Waals surface area contributed by atoms with Crippen molar-refractivity contribution in [2.45, 2.75) is 0 Å². The van der Waals surface area contributed by atoms with Crippen molar-refractivity contribution in [1.82, 2.24) is 0 Å². The molecule has 0 heterocycles. The van der Waals surface area contributed by atoms with Gasteiger partial charge in [-0.1, -0.05) is 48.5 Å². The zero-order chi connectivity index (χ0) is 14.9. The molecule has 3 rings (SSSR count). The number of hydrogen-bond donors (Lipinski definition) is 3. The summed E-state index contributed by atoms with van der Waals surface area (Å²) in [5.74, 6) is 0. The molecule has 0 fully saturated rings. The predicted octanol–water partition coefficient (Wildman–Crippen LogP) is 3.39. The second kappa shape index (κ2) is 5.34. The molecule has 0 saturated heterocycles. The van der Waals surface area contributed by atoms with Crippen LogP contribution in [0.5, 0.6) is 0 Å². The molecule has 106 valence electrons. The quantitative estimate of drug-likeness (QED) is 0.648. The summed E-state index contributed by atoms with van der Waals surface area (Å²) in [5, 5.41) is 4.84. The van der Waals surface area contributed by atoms with Crippen molar-refractivity contribution in [1.29, 1.82) is 0 Å². The molecular weight excluding hydrogens is 285 g/mol. The number of fused-ring (bicyclic) bond motifs is 1. The van der Waals surface area contributed by atoms with Gasteiger partial charge in [-0.25, -0.2) is 0 Å². The third-order valence-electron chi connectivity index (χ3n) is 3.26. The third kappa shape index (κ3) is 2.83. The van der Waals surface area contributed by atoms with E-state index in [-0.39, 0.29) is 5.30 Å². The summed E-state index contributed by atoms with van der Waals surface area (Å²) in [6.07, 6.45) is 0. The molecule has 5 heteroatoms. The van der Waals surface area contributed by atoms with Gasteiger partial charge in [0.2, 0.25) is 0 Å². The van der Waals surface area contributed by atoms with Crippen LogP contribution in [0.15, 0.2) is 66.7 Å². The molecule has 21 heavy (non-hydrogen) atoms. The Morgan fingerprint density at radius 2 is 1.48 bits per heavy atom. The Hall–Kier alpha value is -2.13. The molecule has 0 atom stereocenters. The lowest BCUT2D eigenvalue weighted by atomic mass is 10.1. The fourth-order valence-corrected chi connectivity index (χ4v) is 3.04. The van der Waals surface area contributed by atoms with Crippen LogP contribution in [-0.2, 0) is 4.57 Å². The molecule has 0 aliphatic heterocycles. The first-order valence-electron chi connectivity index (χ1n) is 6.45. The van der Waals surface area contributed by atoms with Crippen molar-refractivity contribution in [2.75, 3.05) is 5.32 Å². The number of benzene rings is 3. The summed E-state index contributed by atoms with van der Waals surface area (Å²) >= 11 is 0. The molecule has 0 radical (unpaired) electrons. The lowest BCUT2D eigenvalue weighted by Crippen LogP contribution is -2.10. The fourth-order valence-electron chi connectivity index (χ4n) is 2.30. The number of anilines is 2. The summed E-state index contributed by atoms with van der Waals surface area (Å²) in [7, 11) is -4.36. The van der Waals surface area contributed by atoms with Crippen molar-refractivity contribution in [3.05, 3.63) is 66.7 Å². The maximum atomic E-state index is 11.7. The van der Waals surface area contributed by atoms with E-state index in [0.717, 1.165) is 16.5 Å². The van der Waals surface area contributed by atoms with Gasteiger partial charge in [0.25, 0.3) is 0 Å². The summed E-state index contributed by atoms with van der Waals surface area (Å²) < 4.78 is 11.7. The fraction of sp³-hybridized carbons (Fsp3) is 0. The minimum atomic E-state index is -4.36. The Morgan fingerprint density at radius 1 is 0.810 bits per heavy atom. The first-order valence-corrected chi connectivity index (χ1v) is 8.07. The Morgan fingerprint density at radius 3 is 2.19 bits per heavy atom. The normalized spacial score (nSPS) is 11.5. The van der Waals surface area contributed by atoms with E-state index < -0.39 is 7.60 Å². The van der Waals surface area contributed by atoms with Gasteiger partial charge in [0.05, 0.1) is 11.0 Å². The molecule has 0 aliphatic rings. The molecule has 4 nitrogen and oxygen atoms in total. The highest BCUT2D eigenvalue weighted by Gasteiger charge is 2.23. The van der Waals surface area contributed by atoms with E-state index >= 15 is 0 Å². The molecular formula is C16H14NO3P. The maximum Gasteiger partial charge on any atom is 0.358 e. The van der Waals surface area contributed by atoms with Crippen LogP contribution in [0.3, 0.4) is 0 Å². The van der Waals surface area contributed by atoms with Crippen LogP contribution < -0.4 is 10.6 Å². The molecule has 3 aromatic carbocycles. The molecule has 0 unspecified atom stereocenters. The largest absolute Gasteiger partial charge is 0.358 e. The number of hydrogen-bond acceptors (Lipinski definition) is 2. The second-order valence-electron chi connectivity index (χ2n) is 4.72. The van der Waals surface area contributed by atoms with E-state index in [2.05, 4.69) is 5.32 Å². The van der Waals surface area contributed by atoms with Gasteiger partial charge in [0, 0.05) is 11.1 Å². The molecule has 0 spiro atoms. The van der Waals surface area contributed by atoms with Crippen LogP contribution in [0.25, 0.3) is 10.8 Å². The maximum absolute atomic E-state index is 11.7. The van der Waals surface area contributed by atoms with Crippen molar-refractivity contribution in [3.8, 4) is 0 Å². The first-order chi connectivity index (χ1) is 10.1. The molecule has 0 aromatic heterocycles. The Labute approximate surface area is 122 Å². The van der Waals surface area contributed by atoms with Gasteiger partial charge in [0.1, 0.15) is 0 Å². The van der Waals surface area contributed by atoms with E-state index in [4.69, 9.17) is 0 Å². The van der Waals surface area contributed by atoms with E-state index in [1.165, 1.54) is 6.07 Å². The van der Waals surface area contributed by atoms with Crippen LogP contribution in [0.2, 0.25) is 0 Å². The van der Waals surface area contributed by atoms with Gasteiger partial charge in [-0.05, 0) is 23.6 Å². The van der Waals surface area contributed by atoms with E-state index in [9.17, 15) is 14.4 Å². The molecule has 0 bridgehead atoms. The van der Waals surface area contributed by atoms with Crippen molar-refractivity contribution >= 4 is 35.0 Å². The zero-order valence-corrected chi connectivity index (χ0v) is 12.0. The second-order valence-corrected chi connectivity index (χ2v) is 6.29. The molecule has 0 aliphatic carbocycles. The van der Waals surface area contributed by atoms with Crippen LogP contribution in [0, 0.1) is 0 Å². The van der Waals surface area contributed by atoms with Gasteiger partial charge in [0.15, 0.2) is 0 Å². The number of para-hydroxylation sites is 1. The molecule has 0 amide bonds. The van der Waals surface area contributed by atoms with Gasteiger partial charge >= 0.3 is 7.60 Å². The Balaban J connectivity index is 2.24. The van der Waals surface area contributed by atoms with Crippen molar-refractivity contribution < 1.29 is 14.4 Å². The molecule has 3 N–H and O–H groups in total. The summed E-state index contributed by atoms with van der Waals surface area (Å²) in [4.78, 5) is 19.2. The Bertz CT molecular complexity index is 827. The summed E-state index contributed by atoms with van der Waals surface area (Å²) in [6.45, 7) is 0. The molecule has 3 aromatic rings. The average molecular weight is 299 g/mol. The highest BCUT2D eigenvalue weighted by Crippen LogP contribution is 2.40. The topological polar surface area (TPSA) is 69.6 Å². The molecule has 0 saturated carbocycles. The van der Waals surface area contributed by atoms with Gasteiger partial charge < -0.3 is 15.1 Å². The highest BCUT2D eigenvalue weighted by atomic mass is 31.2. The lowest BCUT2D eigenvalue weighted by molar-refractivity contribution is 0.387. The van der Waals surface area contributed by atoms with Gasteiger partial charge in [-0.3, -0.25) is 4.57 Å². The smallest absolute Gasteiger partial charge is 0.354 e. The van der Waals surface area contributed by atoms with Crippen LogP contribution in [0.1, 0.15) is 0 Å². The average Bonchev–Trinajstić information content (AvgIpc) is 2.47. The monoisotopic (exact) mass is 299 g/mol. The standard InChI is InChI=1S/C16H14NO3P/c18-21(19,20)15-11-10-12-6-4-5-9-14(12)16(15)17-13-7-2-1-3-8-13/h1-11,17H,(H2,18,19,20). The highest BCUT2D eigenvalue weighted by molar-refractivity contribution is 7.60. The minimum Gasteiger partial charge on any atom is -0.354 e. The summed E-state index contributed by atoms with van der Waals surface area (Å²) in [5.41, 5.74) is 1.23.